The standard InChI is InChI=1S/C25H19N3O3/c1-16-11-13-18(14-12-16)24-28-27-23(31-24)17(2)30-25(29)22-10-6-5-9-21(22)20-8-4-3-7-19(20)15-26/h3-14,17H,1-2H3/t17-/m1/s1. The summed E-state index contributed by atoms with van der Waals surface area (Å²) >= 11 is 0. The first-order chi connectivity index (χ1) is 15.1. The van der Waals surface area contributed by atoms with Gasteiger partial charge in [0, 0.05) is 11.1 Å². The zero-order valence-electron chi connectivity index (χ0n) is 17.1. The molecule has 0 amide bonds. The van der Waals surface area contributed by atoms with Gasteiger partial charge in [0.2, 0.25) is 5.89 Å². The molecule has 1 heterocycles. The molecule has 0 aliphatic heterocycles. The molecule has 31 heavy (non-hydrogen) atoms. The van der Waals surface area contributed by atoms with Crippen molar-refractivity contribution in [2.24, 2.45) is 0 Å². The smallest absolute Gasteiger partial charge is 0.339 e. The number of ether oxygens (including phenoxy) is 1. The molecule has 152 valence electrons. The van der Waals surface area contributed by atoms with Crippen molar-refractivity contribution in [3.05, 3.63) is 95.4 Å². The lowest BCUT2D eigenvalue weighted by Gasteiger charge is -2.13. The van der Waals surface area contributed by atoms with Crippen LogP contribution < -0.4 is 0 Å². The van der Waals surface area contributed by atoms with Gasteiger partial charge < -0.3 is 9.15 Å². The summed E-state index contributed by atoms with van der Waals surface area (Å²) in [6.07, 6.45) is -0.738. The van der Waals surface area contributed by atoms with Crippen LogP contribution in [0.5, 0.6) is 0 Å². The molecule has 0 aliphatic rings. The van der Waals surface area contributed by atoms with E-state index in [0.29, 0.717) is 28.1 Å². The van der Waals surface area contributed by atoms with Crippen LogP contribution >= 0.6 is 0 Å². The third kappa shape index (κ3) is 4.21. The Kier molecular flexibility index (Phi) is 5.59. The van der Waals surface area contributed by atoms with Crippen molar-refractivity contribution in [1.82, 2.24) is 10.2 Å². The lowest BCUT2D eigenvalue weighted by atomic mass is 9.96. The topological polar surface area (TPSA) is 89.0 Å². The highest BCUT2D eigenvalue weighted by Crippen LogP contribution is 2.29. The van der Waals surface area contributed by atoms with Crippen molar-refractivity contribution >= 4 is 5.97 Å². The van der Waals surface area contributed by atoms with Gasteiger partial charge in [0.1, 0.15) is 0 Å². The molecule has 0 aliphatic carbocycles. The largest absolute Gasteiger partial charge is 0.449 e. The molecule has 0 N–H and O–H groups in total. The molecule has 3 aromatic carbocycles. The third-order valence-electron chi connectivity index (χ3n) is 4.86. The van der Waals surface area contributed by atoms with Crippen molar-refractivity contribution < 1.29 is 13.9 Å². The predicted molar refractivity (Wildman–Crippen MR) is 115 cm³/mol. The molecule has 0 bridgehead atoms. The van der Waals surface area contributed by atoms with Gasteiger partial charge in [-0.3, -0.25) is 0 Å². The Hall–Kier alpha value is -4.24. The summed E-state index contributed by atoms with van der Waals surface area (Å²) in [4.78, 5) is 12.9. The second-order valence-corrected chi connectivity index (χ2v) is 7.06. The van der Waals surface area contributed by atoms with Gasteiger partial charge in [-0.05, 0) is 43.7 Å². The minimum absolute atomic E-state index is 0.207. The highest BCUT2D eigenvalue weighted by Gasteiger charge is 2.22. The minimum atomic E-state index is -0.738. The van der Waals surface area contributed by atoms with E-state index in [1.165, 1.54) is 0 Å². The molecular formula is C25H19N3O3. The lowest BCUT2D eigenvalue weighted by Crippen LogP contribution is -2.11. The van der Waals surface area contributed by atoms with Crippen molar-refractivity contribution in [3.8, 4) is 28.7 Å². The summed E-state index contributed by atoms with van der Waals surface area (Å²) in [6.45, 7) is 3.67. The molecule has 1 atom stereocenters. The number of nitriles is 1. The van der Waals surface area contributed by atoms with Gasteiger partial charge in [0.15, 0.2) is 6.10 Å². The molecule has 0 unspecified atom stereocenters. The van der Waals surface area contributed by atoms with Crippen molar-refractivity contribution in [2.75, 3.05) is 0 Å². The van der Waals surface area contributed by atoms with Crippen LogP contribution in [0.3, 0.4) is 0 Å². The van der Waals surface area contributed by atoms with Crippen molar-refractivity contribution in [1.29, 1.82) is 5.26 Å². The monoisotopic (exact) mass is 409 g/mol. The summed E-state index contributed by atoms with van der Waals surface area (Å²) in [6, 6.07) is 24.0. The number of benzene rings is 3. The molecule has 0 saturated carbocycles. The number of esters is 1. The number of nitrogens with zero attached hydrogens (tertiary/aromatic N) is 3. The van der Waals surface area contributed by atoms with E-state index in [1.807, 2.05) is 43.3 Å². The van der Waals surface area contributed by atoms with Crippen molar-refractivity contribution in [3.63, 3.8) is 0 Å². The molecule has 6 nitrogen and oxygen atoms in total. The van der Waals surface area contributed by atoms with Gasteiger partial charge >= 0.3 is 5.97 Å². The van der Waals surface area contributed by atoms with E-state index in [9.17, 15) is 10.1 Å². The number of hydrogen-bond donors (Lipinski definition) is 0. The minimum Gasteiger partial charge on any atom is -0.449 e. The summed E-state index contributed by atoms with van der Waals surface area (Å²) in [7, 11) is 0. The maximum atomic E-state index is 12.9. The van der Waals surface area contributed by atoms with Crippen LogP contribution in [0.15, 0.2) is 77.2 Å². The first-order valence-electron chi connectivity index (χ1n) is 9.77. The van der Waals surface area contributed by atoms with Gasteiger partial charge in [-0.2, -0.15) is 5.26 Å². The number of rotatable bonds is 5. The Bertz CT molecular complexity index is 1270. The van der Waals surface area contributed by atoms with Crippen LogP contribution in [0.25, 0.3) is 22.6 Å². The maximum Gasteiger partial charge on any atom is 0.339 e. The van der Waals surface area contributed by atoms with E-state index in [0.717, 1.165) is 11.1 Å². The summed E-state index contributed by atoms with van der Waals surface area (Å²) < 4.78 is 11.3. The van der Waals surface area contributed by atoms with Crippen LogP contribution in [-0.4, -0.2) is 16.2 Å². The number of carbonyl (C=O) groups excluding carboxylic acids is 1. The Morgan fingerprint density at radius 3 is 2.39 bits per heavy atom. The van der Waals surface area contributed by atoms with E-state index in [-0.39, 0.29) is 5.89 Å². The first kappa shape index (κ1) is 20.0. The molecule has 0 fully saturated rings. The molecule has 0 saturated heterocycles. The average Bonchev–Trinajstić information content (AvgIpc) is 3.30. The van der Waals surface area contributed by atoms with E-state index in [4.69, 9.17) is 9.15 Å². The maximum absolute atomic E-state index is 12.9. The van der Waals surface area contributed by atoms with Gasteiger partial charge in [-0.1, -0.05) is 54.1 Å². The molecule has 0 radical (unpaired) electrons. The highest BCUT2D eigenvalue weighted by molar-refractivity contribution is 5.98. The number of hydrogen-bond acceptors (Lipinski definition) is 6. The molecule has 0 spiro atoms. The zero-order valence-corrected chi connectivity index (χ0v) is 17.1. The second kappa shape index (κ2) is 8.64. The fourth-order valence-corrected chi connectivity index (χ4v) is 3.20. The van der Waals surface area contributed by atoms with Gasteiger partial charge in [-0.25, -0.2) is 4.79 Å². The Morgan fingerprint density at radius 2 is 1.65 bits per heavy atom. The molecular weight excluding hydrogens is 390 g/mol. The molecule has 4 aromatic rings. The van der Waals surface area contributed by atoms with Crippen LogP contribution in [-0.2, 0) is 4.74 Å². The third-order valence-corrected chi connectivity index (χ3v) is 4.86. The van der Waals surface area contributed by atoms with Crippen LogP contribution in [0, 0.1) is 18.3 Å². The van der Waals surface area contributed by atoms with Gasteiger partial charge in [0.25, 0.3) is 5.89 Å². The van der Waals surface area contributed by atoms with Crippen molar-refractivity contribution in [2.45, 2.75) is 20.0 Å². The van der Waals surface area contributed by atoms with Crippen LogP contribution in [0.4, 0.5) is 0 Å². The Morgan fingerprint density at radius 1 is 0.968 bits per heavy atom. The SMILES string of the molecule is Cc1ccc(-c2nnc([C@@H](C)OC(=O)c3ccccc3-c3ccccc3C#N)o2)cc1. The Labute approximate surface area is 179 Å². The average molecular weight is 409 g/mol. The molecule has 4 rings (SSSR count). The highest BCUT2D eigenvalue weighted by atomic mass is 16.6. The first-order valence-corrected chi connectivity index (χ1v) is 9.77. The lowest BCUT2D eigenvalue weighted by molar-refractivity contribution is 0.0281. The molecule has 6 heteroatoms. The summed E-state index contributed by atoms with van der Waals surface area (Å²) in [5, 5.41) is 17.5. The fourth-order valence-electron chi connectivity index (χ4n) is 3.20. The van der Waals surface area contributed by atoms with E-state index in [2.05, 4.69) is 16.3 Å². The molecule has 1 aromatic heterocycles. The quantitative estimate of drug-likeness (QED) is 0.404. The number of carbonyl (C=O) groups is 1. The summed E-state index contributed by atoms with van der Waals surface area (Å²) in [5.41, 5.74) is 4.06. The van der Waals surface area contributed by atoms with Gasteiger partial charge in [0.05, 0.1) is 17.2 Å². The second-order valence-electron chi connectivity index (χ2n) is 7.06. The number of aromatic nitrogens is 2. The number of aryl methyl sites for hydroxylation is 1. The fraction of sp³-hybridized carbons (Fsp3) is 0.120. The predicted octanol–water partition coefficient (Wildman–Crippen LogP) is 5.50. The van der Waals surface area contributed by atoms with E-state index < -0.39 is 12.1 Å². The Balaban J connectivity index is 1.57. The van der Waals surface area contributed by atoms with E-state index in [1.54, 1.807) is 43.3 Å². The van der Waals surface area contributed by atoms with Gasteiger partial charge in [-0.15, -0.1) is 10.2 Å². The normalized spacial score (nSPS) is 11.5. The summed E-state index contributed by atoms with van der Waals surface area (Å²) in [5.74, 6) is 0.0333. The zero-order chi connectivity index (χ0) is 21.8. The van der Waals surface area contributed by atoms with Crippen LogP contribution in [0.1, 0.15) is 40.4 Å². The van der Waals surface area contributed by atoms with Crippen LogP contribution in [0.2, 0.25) is 0 Å². The van der Waals surface area contributed by atoms with E-state index >= 15 is 0 Å².